The number of aliphatic hydroxyl groups is 1. The minimum Gasteiger partial charge on any atom is -0.387 e. The minimum atomic E-state index is -0.398. The highest BCUT2D eigenvalue weighted by Crippen LogP contribution is 2.28. The van der Waals surface area contributed by atoms with Crippen LogP contribution in [0.5, 0.6) is 0 Å². The SMILES string of the molecule is CC.CC(C)C(C(N)=O)N(C)C(C)C.CCC(C)C(C(CC(=O)N1CCCCC1C(OC)C(C)C=O)OC)N(C)C(=O)CC(C)C.CNCC(O)c1ccccc1. The fraction of sp³-hybridized carbons (Fsp3) is 0.778. The predicted octanol–water partition coefficient (Wildman–Crippen LogP) is 6.34. The van der Waals surface area contributed by atoms with Gasteiger partial charge in [0.05, 0.1) is 42.9 Å². The van der Waals surface area contributed by atoms with E-state index in [0.717, 1.165) is 37.5 Å². The summed E-state index contributed by atoms with van der Waals surface area (Å²) < 4.78 is 11.5. The van der Waals surface area contributed by atoms with Crippen molar-refractivity contribution in [3.63, 3.8) is 0 Å². The van der Waals surface area contributed by atoms with Gasteiger partial charge < -0.3 is 40.2 Å². The van der Waals surface area contributed by atoms with Gasteiger partial charge in [-0.15, -0.1) is 0 Å². The summed E-state index contributed by atoms with van der Waals surface area (Å²) in [6.45, 7) is 23.5. The van der Waals surface area contributed by atoms with Crippen LogP contribution in [0.1, 0.15) is 126 Å². The van der Waals surface area contributed by atoms with E-state index in [0.29, 0.717) is 25.6 Å². The van der Waals surface area contributed by atoms with Crippen LogP contribution in [0.3, 0.4) is 0 Å². The van der Waals surface area contributed by atoms with Gasteiger partial charge in [0.25, 0.3) is 0 Å². The van der Waals surface area contributed by atoms with Crippen molar-refractivity contribution in [2.45, 2.75) is 157 Å². The highest BCUT2D eigenvalue weighted by Gasteiger charge is 2.39. The highest BCUT2D eigenvalue weighted by atomic mass is 16.5. The molecule has 1 heterocycles. The van der Waals surface area contributed by atoms with Gasteiger partial charge in [-0.2, -0.15) is 0 Å². The molecule has 8 atom stereocenters. The van der Waals surface area contributed by atoms with Crippen molar-refractivity contribution in [2.75, 3.05) is 48.5 Å². The highest BCUT2D eigenvalue weighted by molar-refractivity contribution is 5.80. The van der Waals surface area contributed by atoms with Crippen molar-refractivity contribution in [3.8, 4) is 0 Å². The topological polar surface area (TPSA) is 155 Å². The quantitative estimate of drug-likeness (QED) is 0.128. The standard InChI is InChI=1S/C25H46N2O5.C9H20N2O.C9H13NO.C2H6/c1-9-18(4)24(26(6)22(29)14-17(2)3)21(31-7)15-23(30)27-13-11-10-12-20(27)25(32-8)19(5)16-28;1-6(2)8(9(10)12)11(5)7(3)4;1-10-7-9(11)8-5-3-2-4-6-8;1-2/h16-21,24-25H,9-15H2,1-8H3;6-8H,1-5H3,(H2,10,12);2-6,9-11H,7H2,1H3;1-2H3. The molecule has 0 aliphatic carbocycles. The number of hydrogen-bond acceptors (Lipinski definition) is 9. The summed E-state index contributed by atoms with van der Waals surface area (Å²) in [7, 11) is 8.81. The number of nitrogens with zero attached hydrogens (tertiary/aromatic N) is 3. The molecule has 12 nitrogen and oxygen atoms in total. The van der Waals surface area contributed by atoms with E-state index in [4.69, 9.17) is 15.2 Å². The molecule has 0 radical (unpaired) electrons. The molecule has 0 bridgehead atoms. The number of nitrogens with one attached hydrogen (secondary N) is 1. The number of likely N-dealkylation sites (tertiary alicyclic amines) is 1. The molecule has 1 saturated heterocycles. The van der Waals surface area contributed by atoms with Crippen molar-refractivity contribution in [1.82, 2.24) is 20.0 Å². The van der Waals surface area contributed by atoms with Gasteiger partial charge in [0.2, 0.25) is 17.7 Å². The largest absolute Gasteiger partial charge is 0.387 e. The average Bonchev–Trinajstić information content (AvgIpc) is 3.18. The van der Waals surface area contributed by atoms with E-state index in [9.17, 15) is 24.3 Å². The molecule has 3 amide bonds. The second kappa shape index (κ2) is 31.1. The Hall–Kier alpha value is -2.90. The molecule has 57 heavy (non-hydrogen) atoms. The third-order valence-electron chi connectivity index (χ3n) is 10.7. The summed E-state index contributed by atoms with van der Waals surface area (Å²) in [6, 6.07) is 9.52. The van der Waals surface area contributed by atoms with Crippen LogP contribution in [0.25, 0.3) is 0 Å². The first kappa shape index (κ1) is 56.2. The molecule has 8 unspecified atom stereocenters. The van der Waals surface area contributed by atoms with E-state index in [1.807, 2.05) is 110 Å². The van der Waals surface area contributed by atoms with Crippen molar-refractivity contribution in [3.05, 3.63) is 35.9 Å². The smallest absolute Gasteiger partial charge is 0.235 e. The molecule has 2 rings (SSSR count). The van der Waals surface area contributed by atoms with Crippen molar-refractivity contribution >= 4 is 24.0 Å². The van der Waals surface area contributed by atoms with Crippen LogP contribution in [0.4, 0.5) is 0 Å². The first-order valence-electron chi connectivity index (χ1n) is 21.3. The zero-order valence-electron chi connectivity index (χ0n) is 38.8. The predicted molar refractivity (Wildman–Crippen MR) is 234 cm³/mol. The minimum absolute atomic E-state index is 0.000268. The molecular weight excluding hydrogens is 723 g/mol. The number of carbonyl (C=O) groups excluding carboxylic acids is 4. The molecular formula is C45H85N5O7. The van der Waals surface area contributed by atoms with Gasteiger partial charge in [-0.3, -0.25) is 19.3 Å². The fourth-order valence-corrected chi connectivity index (χ4v) is 7.25. The second-order valence-corrected chi connectivity index (χ2v) is 16.1. The van der Waals surface area contributed by atoms with E-state index in [1.54, 1.807) is 19.1 Å². The Balaban J connectivity index is 0. The summed E-state index contributed by atoms with van der Waals surface area (Å²) in [5, 5.41) is 12.4. The number of hydrogen-bond donors (Lipinski definition) is 3. The molecule has 0 spiro atoms. The van der Waals surface area contributed by atoms with Gasteiger partial charge in [-0.1, -0.05) is 99.1 Å². The van der Waals surface area contributed by atoms with Crippen LogP contribution in [-0.4, -0.2) is 129 Å². The lowest BCUT2D eigenvalue weighted by Crippen LogP contribution is -2.55. The number of ether oxygens (including phenoxy) is 2. The maximum atomic E-state index is 13.5. The molecule has 1 aromatic rings. The van der Waals surface area contributed by atoms with Crippen LogP contribution in [0.15, 0.2) is 30.3 Å². The van der Waals surface area contributed by atoms with Gasteiger partial charge in [-0.05, 0) is 70.5 Å². The first-order valence-corrected chi connectivity index (χ1v) is 21.3. The number of methoxy groups -OCH3 is 2. The third-order valence-corrected chi connectivity index (χ3v) is 10.7. The molecule has 1 fully saturated rings. The Morgan fingerprint density at radius 1 is 0.965 bits per heavy atom. The normalized spacial score (nSPS) is 17.7. The first-order chi connectivity index (χ1) is 26.8. The number of aliphatic hydroxyl groups excluding tert-OH is 1. The average molecular weight is 808 g/mol. The number of rotatable bonds is 20. The van der Waals surface area contributed by atoms with E-state index >= 15 is 0 Å². The number of amides is 3. The number of piperidine rings is 1. The number of nitrogens with two attached hydrogens (primary N) is 1. The fourth-order valence-electron chi connectivity index (χ4n) is 7.25. The number of primary amides is 1. The van der Waals surface area contributed by atoms with Gasteiger partial charge >= 0.3 is 0 Å². The van der Waals surface area contributed by atoms with Crippen LogP contribution in [-0.2, 0) is 28.7 Å². The zero-order chi connectivity index (χ0) is 44.4. The van der Waals surface area contributed by atoms with Gasteiger partial charge in [0, 0.05) is 52.7 Å². The summed E-state index contributed by atoms with van der Waals surface area (Å²) >= 11 is 0. The Kier molecular flexibility index (Phi) is 30.6. The van der Waals surface area contributed by atoms with E-state index in [1.165, 1.54) is 0 Å². The zero-order valence-corrected chi connectivity index (χ0v) is 38.8. The molecule has 1 aliphatic rings. The van der Waals surface area contributed by atoms with Crippen LogP contribution >= 0.6 is 0 Å². The second-order valence-electron chi connectivity index (χ2n) is 16.1. The molecule has 1 aromatic carbocycles. The molecule has 1 aliphatic heterocycles. The van der Waals surface area contributed by atoms with E-state index in [-0.39, 0.29) is 78.1 Å². The van der Waals surface area contributed by atoms with E-state index in [2.05, 4.69) is 33.0 Å². The number of benzene rings is 1. The molecule has 12 heteroatoms. The van der Waals surface area contributed by atoms with Crippen molar-refractivity contribution in [1.29, 1.82) is 0 Å². The Morgan fingerprint density at radius 2 is 1.54 bits per heavy atom. The van der Waals surface area contributed by atoms with Crippen LogP contribution in [0.2, 0.25) is 0 Å². The Morgan fingerprint density at radius 3 is 1.95 bits per heavy atom. The number of carbonyl (C=O) groups is 4. The molecule has 332 valence electrons. The van der Waals surface area contributed by atoms with Gasteiger partial charge in [-0.25, -0.2) is 0 Å². The Labute approximate surface area is 348 Å². The molecule has 0 aromatic heterocycles. The van der Waals surface area contributed by atoms with Crippen molar-refractivity contribution < 1.29 is 33.8 Å². The number of likely N-dealkylation sites (N-methyl/N-ethyl adjacent to an activating group) is 3. The lowest BCUT2D eigenvalue weighted by molar-refractivity contribution is -0.148. The molecule has 4 N–H and O–H groups in total. The van der Waals surface area contributed by atoms with Gasteiger partial charge in [0.1, 0.15) is 6.29 Å². The van der Waals surface area contributed by atoms with Crippen molar-refractivity contribution in [2.24, 2.45) is 29.4 Å². The van der Waals surface area contributed by atoms with E-state index < -0.39 is 6.10 Å². The number of aldehydes is 1. The lowest BCUT2D eigenvalue weighted by Gasteiger charge is -2.43. The maximum Gasteiger partial charge on any atom is 0.235 e. The summed E-state index contributed by atoms with van der Waals surface area (Å²) in [5.74, 6) is 0.285. The lowest BCUT2D eigenvalue weighted by atomic mass is 9.88. The summed E-state index contributed by atoms with van der Waals surface area (Å²) in [6.07, 6.45) is 4.12. The Bertz CT molecular complexity index is 1220. The van der Waals surface area contributed by atoms with Gasteiger partial charge in [0.15, 0.2) is 0 Å². The third kappa shape index (κ3) is 20.1. The molecule has 0 saturated carbocycles. The summed E-state index contributed by atoms with van der Waals surface area (Å²) in [4.78, 5) is 54.5. The van der Waals surface area contributed by atoms with Crippen LogP contribution < -0.4 is 11.1 Å². The maximum absolute atomic E-state index is 13.5. The summed E-state index contributed by atoms with van der Waals surface area (Å²) in [5.41, 5.74) is 6.26. The monoisotopic (exact) mass is 808 g/mol. The van der Waals surface area contributed by atoms with Crippen LogP contribution in [0, 0.1) is 23.7 Å².